The Bertz CT molecular complexity index is 1350. The summed E-state index contributed by atoms with van der Waals surface area (Å²) in [6, 6.07) is 12.6. The third kappa shape index (κ3) is 7.86. The molecule has 37 heavy (non-hydrogen) atoms. The zero-order chi connectivity index (χ0) is 27.2. The van der Waals surface area contributed by atoms with Gasteiger partial charge in [0.25, 0.3) is 0 Å². The fraction of sp³-hybridized carbons (Fsp3) is 0.217. The highest BCUT2D eigenvalue weighted by Crippen LogP contribution is 2.25. The smallest absolute Gasteiger partial charge is 0.411 e. The average Bonchev–Trinajstić information content (AvgIpc) is 3.13. The Kier molecular flexibility index (Phi) is 9.00. The van der Waals surface area contributed by atoms with Gasteiger partial charge >= 0.3 is 18.0 Å². The summed E-state index contributed by atoms with van der Waals surface area (Å²) in [7, 11) is 0. The molecule has 0 saturated carbocycles. The Morgan fingerprint density at radius 1 is 1.14 bits per heavy atom. The third-order valence-electron chi connectivity index (χ3n) is 5.00. The second-order valence-electron chi connectivity index (χ2n) is 7.65. The minimum Gasteiger partial charge on any atom is -0.449 e. The molecule has 0 aliphatic carbocycles. The van der Waals surface area contributed by atoms with E-state index in [9.17, 15) is 27.6 Å². The van der Waals surface area contributed by atoms with E-state index in [1.54, 1.807) is 24.3 Å². The first kappa shape index (κ1) is 27.8. The standard InChI is InChI=1S/C23H20Cl2F3N5O4/c24-16-7-5-14(6-8-16)20-31-33(22(36)32(20)10-9-23(26,27)28)12-19(34)30-11-15(13-37-21(29)35)17-3-1-2-4-18(17)25/h1-10,15H,11-13H2,(H2,29,35)(H,30,34)/b10-9+. The molecule has 0 fully saturated rings. The number of halogens is 5. The van der Waals surface area contributed by atoms with Gasteiger partial charge in [-0.25, -0.2) is 18.8 Å². The maximum atomic E-state index is 12.8. The van der Waals surface area contributed by atoms with Crippen LogP contribution in [0.2, 0.25) is 10.0 Å². The van der Waals surface area contributed by atoms with Crippen LogP contribution in [0.25, 0.3) is 17.6 Å². The van der Waals surface area contributed by atoms with Crippen LogP contribution >= 0.6 is 23.2 Å². The van der Waals surface area contributed by atoms with Crippen LogP contribution in [0.1, 0.15) is 11.5 Å². The van der Waals surface area contributed by atoms with Crippen molar-refractivity contribution in [3.8, 4) is 11.4 Å². The van der Waals surface area contributed by atoms with E-state index in [2.05, 4.69) is 10.4 Å². The van der Waals surface area contributed by atoms with Gasteiger partial charge < -0.3 is 15.8 Å². The Morgan fingerprint density at radius 3 is 2.43 bits per heavy atom. The zero-order valence-corrected chi connectivity index (χ0v) is 20.4. The van der Waals surface area contributed by atoms with Crippen molar-refractivity contribution >= 4 is 41.4 Å². The van der Waals surface area contributed by atoms with Gasteiger partial charge in [-0.3, -0.25) is 4.79 Å². The number of amides is 2. The number of rotatable bonds is 9. The number of ether oxygens (including phenoxy) is 1. The van der Waals surface area contributed by atoms with E-state index in [1.165, 1.54) is 24.3 Å². The van der Waals surface area contributed by atoms with E-state index in [0.29, 0.717) is 31.9 Å². The summed E-state index contributed by atoms with van der Waals surface area (Å²) in [4.78, 5) is 36.5. The van der Waals surface area contributed by atoms with Crippen LogP contribution in [-0.4, -0.2) is 45.7 Å². The molecule has 1 unspecified atom stereocenters. The van der Waals surface area contributed by atoms with E-state index < -0.39 is 36.3 Å². The van der Waals surface area contributed by atoms with Gasteiger partial charge in [-0.15, -0.1) is 5.10 Å². The van der Waals surface area contributed by atoms with Gasteiger partial charge in [0.15, 0.2) is 5.82 Å². The number of nitrogens with two attached hydrogens (primary N) is 1. The lowest BCUT2D eigenvalue weighted by atomic mass is 10.00. The summed E-state index contributed by atoms with van der Waals surface area (Å²) < 4.78 is 44.6. The highest BCUT2D eigenvalue weighted by Gasteiger charge is 2.24. The SMILES string of the molecule is NC(=O)OCC(CNC(=O)Cn1nc(-c2ccc(Cl)cc2)n(/C=C/C(F)(F)F)c1=O)c1ccccc1Cl. The highest BCUT2D eigenvalue weighted by atomic mass is 35.5. The number of primary amides is 1. The molecule has 1 atom stereocenters. The molecule has 0 aliphatic heterocycles. The molecule has 3 N–H and O–H groups in total. The van der Waals surface area contributed by atoms with Crippen molar-refractivity contribution in [1.82, 2.24) is 19.7 Å². The van der Waals surface area contributed by atoms with Crippen LogP contribution in [0.5, 0.6) is 0 Å². The Morgan fingerprint density at radius 2 is 1.81 bits per heavy atom. The summed E-state index contributed by atoms with van der Waals surface area (Å²) in [6.45, 7) is -0.835. The lowest BCUT2D eigenvalue weighted by Crippen LogP contribution is -2.36. The molecule has 3 aromatic rings. The largest absolute Gasteiger partial charge is 0.449 e. The number of carbonyl (C=O) groups excluding carboxylic acids is 2. The number of alkyl halides is 3. The predicted molar refractivity (Wildman–Crippen MR) is 131 cm³/mol. The van der Waals surface area contributed by atoms with Crippen molar-refractivity contribution in [3.63, 3.8) is 0 Å². The molecule has 1 aromatic heterocycles. The van der Waals surface area contributed by atoms with Crippen molar-refractivity contribution in [2.24, 2.45) is 5.73 Å². The number of benzene rings is 2. The monoisotopic (exact) mass is 557 g/mol. The van der Waals surface area contributed by atoms with Crippen molar-refractivity contribution in [2.45, 2.75) is 18.6 Å². The lowest BCUT2D eigenvalue weighted by molar-refractivity contribution is -0.122. The first-order chi connectivity index (χ1) is 17.4. The number of hydrogen-bond acceptors (Lipinski definition) is 5. The van der Waals surface area contributed by atoms with Gasteiger partial charge in [0.2, 0.25) is 5.91 Å². The minimum atomic E-state index is -4.68. The van der Waals surface area contributed by atoms with Gasteiger partial charge in [-0.1, -0.05) is 41.4 Å². The van der Waals surface area contributed by atoms with Crippen LogP contribution in [0, 0.1) is 0 Å². The summed E-state index contributed by atoms with van der Waals surface area (Å²) in [5.41, 5.74) is 4.95. The van der Waals surface area contributed by atoms with Crippen molar-refractivity contribution in [2.75, 3.05) is 13.2 Å². The average molecular weight is 558 g/mol. The molecule has 0 spiro atoms. The first-order valence-corrected chi connectivity index (χ1v) is 11.3. The molecule has 196 valence electrons. The van der Waals surface area contributed by atoms with E-state index in [-0.39, 0.29) is 25.1 Å². The summed E-state index contributed by atoms with van der Waals surface area (Å²) >= 11 is 12.1. The van der Waals surface area contributed by atoms with E-state index in [0.717, 1.165) is 4.68 Å². The maximum absolute atomic E-state index is 12.8. The second kappa shape index (κ2) is 12.0. The van der Waals surface area contributed by atoms with Crippen molar-refractivity contribution in [1.29, 1.82) is 0 Å². The fourth-order valence-electron chi connectivity index (χ4n) is 3.29. The quantitative estimate of drug-likeness (QED) is 0.411. The molecule has 2 aromatic carbocycles. The Labute approximate surface area is 218 Å². The van der Waals surface area contributed by atoms with Gasteiger partial charge in [0.05, 0.1) is 0 Å². The molecular weight excluding hydrogens is 538 g/mol. The number of nitrogens with one attached hydrogen (secondary N) is 1. The van der Waals surface area contributed by atoms with Crippen LogP contribution in [0.15, 0.2) is 59.4 Å². The topological polar surface area (TPSA) is 121 Å². The molecule has 0 radical (unpaired) electrons. The first-order valence-electron chi connectivity index (χ1n) is 10.6. The number of hydrogen-bond donors (Lipinski definition) is 2. The summed E-state index contributed by atoms with van der Waals surface area (Å²) in [5, 5.41) is 7.37. The Hall–Kier alpha value is -3.77. The zero-order valence-electron chi connectivity index (χ0n) is 18.9. The molecule has 0 bridgehead atoms. The summed E-state index contributed by atoms with van der Waals surface area (Å²) in [5.74, 6) is -1.37. The van der Waals surface area contributed by atoms with Crippen molar-refractivity contribution < 1.29 is 27.5 Å². The van der Waals surface area contributed by atoms with E-state index in [4.69, 9.17) is 33.7 Å². The molecule has 0 saturated heterocycles. The van der Waals surface area contributed by atoms with Crippen LogP contribution in [-0.2, 0) is 16.1 Å². The molecular formula is C23H20Cl2F3N5O4. The Balaban J connectivity index is 1.83. The number of allylic oxidation sites excluding steroid dienone is 1. The number of nitrogens with zero attached hydrogens (tertiary/aromatic N) is 3. The van der Waals surface area contributed by atoms with E-state index in [1.807, 2.05) is 0 Å². The normalized spacial score (nSPS) is 12.5. The molecule has 9 nitrogen and oxygen atoms in total. The van der Waals surface area contributed by atoms with Crippen molar-refractivity contribution in [3.05, 3.63) is 80.7 Å². The maximum Gasteiger partial charge on any atom is 0.411 e. The van der Waals surface area contributed by atoms with E-state index >= 15 is 0 Å². The lowest BCUT2D eigenvalue weighted by Gasteiger charge is -2.18. The molecule has 1 heterocycles. The molecule has 0 aliphatic rings. The minimum absolute atomic E-state index is 0.0523. The molecule has 14 heteroatoms. The van der Waals surface area contributed by atoms with Crippen LogP contribution < -0.4 is 16.7 Å². The highest BCUT2D eigenvalue weighted by molar-refractivity contribution is 6.31. The van der Waals surface area contributed by atoms with Crippen LogP contribution in [0.3, 0.4) is 0 Å². The number of carbonyl (C=O) groups is 2. The van der Waals surface area contributed by atoms with Gasteiger partial charge in [0.1, 0.15) is 13.2 Å². The van der Waals surface area contributed by atoms with Gasteiger partial charge in [0, 0.05) is 40.3 Å². The molecule has 2 amide bonds. The van der Waals surface area contributed by atoms with Crippen LogP contribution in [0.4, 0.5) is 18.0 Å². The third-order valence-corrected chi connectivity index (χ3v) is 5.59. The second-order valence-corrected chi connectivity index (χ2v) is 8.49. The fourth-order valence-corrected chi connectivity index (χ4v) is 3.70. The van der Waals surface area contributed by atoms with Gasteiger partial charge in [-0.2, -0.15) is 13.2 Å². The number of aromatic nitrogens is 3. The summed E-state index contributed by atoms with van der Waals surface area (Å²) in [6.07, 6.45) is -5.28. The predicted octanol–water partition coefficient (Wildman–Crippen LogP) is 4.05. The molecule has 3 rings (SSSR count). The van der Waals surface area contributed by atoms with Gasteiger partial charge in [-0.05, 0) is 35.9 Å².